The van der Waals surface area contributed by atoms with E-state index in [0.29, 0.717) is 11.3 Å². The molecule has 0 spiro atoms. The third-order valence-corrected chi connectivity index (χ3v) is 4.86. The fraction of sp³-hybridized carbons (Fsp3) is 0.571. The maximum Gasteiger partial charge on any atom is 0.0212 e. The summed E-state index contributed by atoms with van der Waals surface area (Å²) < 4.78 is 1.30. The summed E-state index contributed by atoms with van der Waals surface area (Å²) in [6, 6.07) is 6.69. The first-order valence-electron chi connectivity index (χ1n) is 5.93. The third kappa shape index (κ3) is 1.56. The van der Waals surface area contributed by atoms with Crippen LogP contribution in [0.2, 0.25) is 0 Å². The van der Waals surface area contributed by atoms with Crippen LogP contribution in [-0.4, -0.2) is 0 Å². The second kappa shape index (κ2) is 3.93. The van der Waals surface area contributed by atoms with Gasteiger partial charge in [-0.2, -0.15) is 0 Å². The van der Waals surface area contributed by atoms with Crippen LogP contribution in [0.25, 0.3) is 0 Å². The highest BCUT2D eigenvalue weighted by Gasteiger charge is 2.40. The van der Waals surface area contributed by atoms with Crippen LogP contribution in [0.4, 0.5) is 0 Å². The normalized spacial score (nSPS) is 22.8. The van der Waals surface area contributed by atoms with Gasteiger partial charge in [0, 0.05) is 4.47 Å². The molecule has 0 aliphatic heterocycles. The maximum atomic E-state index is 3.70. The molecule has 0 unspecified atom stereocenters. The number of hydrogen-bond acceptors (Lipinski definition) is 0. The molecular weight excluding hydrogens is 248 g/mol. The molecule has 1 atom stereocenters. The Hall–Kier alpha value is -0.300. The van der Waals surface area contributed by atoms with Crippen molar-refractivity contribution >= 4 is 15.9 Å². The Morgan fingerprint density at radius 3 is 2.60 bits per heavy atom. The summed E-state index contributed by atoms with van der Waals surface area (Å²) in [6.45, 7) is 7.01. The molecule has 0 aromatic heterocycles. The van der Waals surface area contributed by atoms with Gasteiger partial charge in [-0.05, 0) is 47.8 Å². The van der Waals surface area contributed by atoms with Crippen molar-refractivity contribution in [3.63, 3.8) is 0 Å². The highest BCUT2D eigenvalue weighted by molar-refractivity contribution is 9.10. The smallest absolute Gasteiger partial charge is 0.0212 e. The molecule has 1 aromatic rings. The zero-order valence-corrected chi connectivity index (χ0v) is 11.4. The zero-order chi connectivity index (χ0) is 11.1. The van der Waals surface area contributed by atoms with E-state index >= 15 is 0 Å². The van der Waals surface area contributed by atoms with Gasteiger partial charge in [-0.3, -0.25) is 0 Å². The summed E-state index contributed by atoms with van der Waals surface area (Å²) in [5.74, 6) is 0.704. The lowest BCUT2D eigenvalue weighted by molar-refractivity contribution is 0.376. The van der Waals surface area contributed by atoms with Gasteiger partial charge in [0.25, 0.3) is 0 Å². The first-order chi connectivity index (χ1) is 7.14. The van der Waals surface area contributed by atoms with Crippen LogP contribution in [0.5, 0.6) is 0 Å². The Morgan fingerprint density at radius 1 is 1.33 bits per heavy atom. The number of benzene rings is 1. The standard InChI is InChI=1S/C14H19Br/c1-4-14(5-2)9-10(3)13-11(14)7-6-8-12(13)15/h6-8,10H,4-5,9H2,1-3H3/t10-/m0/s1. The Balaban J connectivity index is 2.60. The van der Waals surface area contributed by atoms with E-state index in [1.165, 1.54) is 23.7 Å². The lowest BCUT2D eigenvalue weighted by Gasteiger charge is -2.27. The summed E-state index contributed by atoms with van der Waals surface area (Å²) in [6.07, 6.45) is 3.84. The lowest BCUT2D eigenvalue weighted by Crippen LogP contribution is -2.20. The summed E-state index contributed by atoms with van der Waals surface area (Å²) in [7, 11) is 0. The van der Waals surface area contributed by atoms with Crippen molar-refractivity contribution in [1.82, 2.24) is 0 Å². The van der Waals surface area contributed by atoms with Crippen LogP contribution in [0.15, 0.2) is 22.7 Å². The second-order valence-electron chi connectivity index (χ2n) is 4.79. The molecule has 0 N–H and O–H groups in total. The molecule has 0 bridgehead atoms. The quantitative estimate of drug-likeness (QED) is 0.706. The first kappa shape index (κ1) is 11.2. The van der Waals surface area contributed by atoms with E-state index in [1.54, 1.807) is 11.1 Å². The molecule has 0 amide bonds. The Morgan fingerprint density at radius 2 is 2.00 bits per heavy atom. The average molecular weight is 267 g/mol. The average Bonchev–Trinajstić information content (AvgIpc) is 2.54. The predicted molar refractivity (Wildman–Crippen MR) is 69.4 cm³/mol. The van der Waals surface area contributed by atoms with Gasteiger partial charge in [0.05, 0.1) is 0 Å². The van der Waals surface area contributed by atoms with Gasteiger partial charge < -0.3 is 0 Å². The van der Waals surface area contributed by atoms with E-state index in [4.69, 9.17) is 0 Å². The van der Waals surface area contributed by atoms with Crippen molar-refractivity contribution in [1.29, 1.82) is 0 Å². The van der Waals surface area contributed by atoms with E-state index in [0.717, 1.165) is 0 Å². The van der Waals surface area contributed by atoms with Crippen LogP contribution >= 0.6 is 15.9 Å². The number of fused-ring (bicyclic) bond motifs is 1. The van der Waals surface area contributed by atoms with Crippen molar-refractivity contribution in [2.24, 2.45) is 0 Å². The molecule has 0 fully saturated rings. The fourth-order valence-electron chi connectivity index (χ4n) is 3.22. The van der Waals surface area contributed by atoms with Crippen molar-refractivity contribution in [3.05, 3.63) is 33.8 Å². The van der Waals surface area contributed by atoms with E-state index in [1.807, 2.05) is 0 Å². The molecule has 1 aliphatic carbocycles. The summed E-state index contributed by atoms with van der Waals surface area (Å²) in [5, 5.41) is 0. The van der Waals surface area contributed by atoms with Crippen LogP contribution in [0.3, 0.4) is 0 Å². The minimum absolute atomic E-state index is 0.443. The summed E-state index contributed by atoms with van der Waals surface area (Å²) >= 11 is 3.70. The largest absolute Gasteiger partial charge is 0.0645 e. The van der Waals surface area contributed by atoms with E-state index in [2.05, 4.69) is 54.9 Å². The Kier molecular flexibility index (Phi) is 2.94. The molecule has 2 rings (SSSR count). The molecular formula is C14H19Br. The number of halogens is 1. The molecule has 1 aliphatic rings. The minimum atomic E-state index is 0.443. The van der Waals surface area contributed by atoms with Gasteiger partial charge >= 0.3 is 0 Å². The van der Waals surface area contributed by atoms with Crippen molar-refractivity contribution in [2.45, 2.75) is 51.4 Å². The second-order valence-corrected chi connectivity index (χ2v) is 5.65. The van der Waals surface area contributed by atoms with E-state index in [-0.39, 0.29) is 0 Å². The van der Waals surface area contributed by atoms with Crippen LogP contribution in [0, 0.1) is 0 Å². The summed E-state index contributed by atoms with van der Waals surface area (Å²) in [5.41, 5.74) is 3.59. The monoisotopic (exact) mass is 266 g/mol. The van der Waals surface area contributed by atoms with Crippen LogP contribution < -0.4 is 0 Å². The van der Waals surface area contributed by atoms with Gasteiger partial charge in [0.15, 0.2) is 0 Å². The van der Waals surface area contributed by atoms with Gasteiger partial charge in [-0.1, -0.05) is 48.8 Å². The highest BCUT2D eigenvalue weighted by atomic mass is 79.9. The van der Waals surface area contributed by atoms with Gasteiger partial charge in [-0.25, -0.2) is 0 Å². The molecule has 0 saturated heterocycles. The van der Waals surface area contributed by atoms with Crippen LogP contribution in [0.1, 0.15) is 57.1 Å². The summed E-state index contributed by atoms with van der Waals surface area (Å²) in [4.78, 5) is 0. The SMILES string of the molecule is CCC1(CC)C[C@H](C)c2c(Br)cccc21. The van der Waals surface area contributed by atoms with E-state index < -0.39 is 0 Å². The fourth-order valence-corrected chi connectivity index (χ4v) is 3.98. The topological polar surface area (TPSA) is 0 Å². The zero-order valence-electron chi connectivity index (χ0n) is 9.81. The van der Waals surface area contributed by atoms with Crippen LogP contribution in [-0.2, 0) is 5.41 Å². The van der Waals surface area contributed by atoms with Crippen molar-refractivity contribution in [3.8, 4) is 0 Å². The minimum Gasteiger partial charge on any atom is -0.0645 e. The molecule has 0 heterocycles. The first-order valence-corrected chi connectivity index (χ1v) is 6.73. The molecule has 0 radical (unpaired) electrons. The molecule has 82 valence electrons. The highest BCUT2D eigenvalue weighted by Crippen LogP contribution is 2.51. The molecule has 1 aromatic carbocycles. The predicted octanol–water partition coefficient (Wildman–Crippen LogP) is 5.01. The molecule has 0 saturated carbocycles. The van der Waals surface area contributed by atoms with Gasteiger partial charge in [-0.15, -0.1) is 0 Å². The van der Waals surface area contributed by atoms with E-state index in [9.17, 15) is 0 Å². The Labute approximate surface area is 101 Å². The van der Waals surface area contributed by atoms with Crippen molar-refractivity contribution in [2.75, 3.05) is 0 Å². The van der Waals surface area contributed by atoms with Gasteiger partial charge in [0.2, 0.25) is 0 Å². The van der Waals surface area contributed by atoms with Crippen molar-refractivity contribution < 1.29 is 0 Å². The molecule has 15 heavy (non-hydrogen) atoms. The lowest BCUT2D eigenvalue weighted by atomic mass is 9.77. The Bertz CT molecular complexity index is 364. The maximum absolute atomic E-state index is 3.70. The third-order valence-electron chi connectivity index (χ3n) is 4.17. The number of rotatable bonds is 2. The molecule has 0 nitrogen and oxygen atoms in total. The number of hydrogen-bond donors (Lipinski definition) is 0. The molecule has 1 heteroatoms. The van der Waals surface area contributed by atoms with Gasteiger partial charge in [0.1, 0.15) is 0 Å².